The lowest BCUT2D eigenvalue weighted by atomic mass is 10.1. The summed E-state index contributed by atoms with van der Waals surface area (Å²) in [5.74, 6) is -0.483. The van der Waals surface area contributed by atoms with Crippen molar-refractivity contribution in [1.29, 1.82) is 5.41 Å². The Balaban J connectivity index is 0.00000408. The molecule has 0 saturated carbocycles. The number of hydrogen-bond acceptors (Lipinski definition) is 6. The third-order valence-electron chi connectivity index (χ3n) is 4.97. The number of amidine groups is 1. The molecule has 0 spiro atoms. The number of rotatable bonds is 11. The molecular weight excluding hydrogens is 458 g/mol. The van der Waals surface area contributed by atoms with Gasteiger partial charge in [0.05, 0.1) is 12.2 Å². The van der Waals surface area contributed by atoms with Crippen LogP contribution in [0.4, 0.5) is 0 Å². The van der Waals surface area contributed by atoms with Crippen LogP contribution >= 0.6 is 12.4 Å². The average Bonchev–Trinajstić information content (AvgIpc) is 3.34. The Morgan fingerprint density at radius 1 is 1.03 bits per heavy atom. The average molecular weight is 486 g/mol. The normalized spacial score (nSPS) is 11.2. The number of amides is 2. The minimum absolute atomic E-state index is 0. The second-order valence-corrected chi connectivity index (χ2v) is 7.42. The Morgan fingerprint density at radius 3 is 2.32 bits per heavy atom. The summed E-state index contributed by atoms with van der Waals surface area (Å²) < 4.78 is 0. The molecule has 10 nitrogen and oxygen atoms in total. The smallest absolute Gasteiger partial charge is 0.243 e. The molecule has 3 rings (SSSR count). The van der Waals surface area contributed by atoms with E-state index in [0.29, 0.717) is 30.8 Å². The van der Waals surface area contributed by atoms with E-state index >= 15 is 0 Å². The van der Waals surface area contributed by atoms with Gasteiger partial charge in [0.2, 0.25) is 11.8 Å². The fraction of sp³-hybridized carbons (Fsp3) is 0.217. The van der Waals surface area contributed by atoms with Gasteiger partial charge in [-0.05, 0) is 35.7 Å². The van der Waals surface area contributed by atoms with Crippen molar-refractivity contribution < 1.29 is 14.7 Å². The number of H-pyrrole nitrogens is 1. The fourth-order valence-electron chi connectivity index (χ4n) is 3.13. The number of aromatic hydroxyl groups is 1. The largest absolute Gasteiger partial charge is 0.508 e. The van der Waals surface area contributed by atoms with E-state index < -0.39 is 6.04 Å². The first-order valence-corrected chi connectivity index (χ1v) is 10.4. The molecule has 0 saturated heterocycles. The first-order chi connectivity index (χ1) is 15.9. The van der Waals surface area contributed by atoms with Gasteiger partial charge in [-0.3, -0.25) is 25.4 Å². The van der Waals surface area contributed by atoms with Crippen LogP contribution in [-0.4, -0.2) is 46.0 Å². The van der Waals surface area contributed by atoms with E-state index in [-0.39, 0.29) is 42.4 Å². The number of phenolic OH excluding ortho intramolecular Hbond substituents is 1. The summed E-state index contributed by atoms with van der Waals surface area (Å²) in [5.41, 5.74) is 8.56. The lowest BCUT2D eigenvalue weighted by molar-refractivity contribution is -0.127. The monoisotopic (exact) mass is 485 g/mol. The molecule has 0 bridgehead atoms. The molecule has 0 aliphatic carbocycles. The number of halogens is 1. The van der Waals surface area contributed by atoms with Gasteiger partial charge in [0, 0.05) is 24.8 Å². The number of aromatic nitrogens is 2. The Morgan fingerprint density at radius 2 is 1.71 bits per heavy atom. The minimum atomic E-state index is -0.732. The standard InChI is InChI=1S/C23H27N7O3.ClH/c24-22(25)17-5-1-16(2-6-17)13-27-21(19-10-12-29-30-19)23(33)28-14-20(32)26-11-9-15-3-7-18(31)8-4-15;/h1-8,10,12,21,27,31H,9,11,13-14H2,(H3,24,25)(H,26,32)(H,28,33)(H,29,30);1H. The van der Waals surface area contributed by atoms with Gasteiger partial charge in [-0.2, -0.15) is 5.10 Å². The molecule has 1 unspecified atom stereocenters. The van der Waals surface area contributed by atoms with Crippen molar-refractivity contribution in [3.05, 3.63) is 83.2 Å². The minimum Gasteiger partial charge on any atom is -0.508 e. The van der Waals surface area contributed by atoms with Crippen LogP contribution in [0.5, 0.6) is 5.75 Å². The van der Waals surface area contributed by atoms with Crippen molar-refractivity contribution >= 4 is 30.1 Å². The van der Waals surface area contributed by atoms with Gasteiger partial charge in [-0.15, -0.1) is 12.4 Å². The molecule has 0 radical (unpaired) electrons. The summed E-state index contributed by atoms with van der Waals surface area (Å²) in [7, 11) is 0. The summed E-state index contributed by atoms with van der Waals surface area (Å²) in [4.78, 5) is 24.9. The molecule has 2 aromatic carbocycles. The predicted molar refractivity (Wildman–Crippen MR) is 131 cm³/mol. The molecule has 0 aliphatic heterocycles. The zero-order valence-electron chi connectivity index (χ0n) is 18.4. The number of nitrogen functional groups attached to an aromatic ring is 1. The fourth-order valence-corrected chi connectivity index (χ4v) is 3.13. The highest BCUT2D eigenvalue weighted by atomic mass is 35.5. The molecule has 2 amide bonds. The van der Waals surface area contributed by atoms with E-state index in [1.807, 2.05) is 12.1 Å². The summed E-state index contributed by atoms with van der Waals surface area (Å²) in [6.45, 7) is 0.639. The molecule has 1 heterocycles. The molecule has 3 aromatic rings. The summed E-state index contributed by atoms with van der Waals surface area (Å²) in [6.07, 6.45) is 2.16. The molecule has 0 fully saturated rings. The van der Waals surface area contributed by atoms with Crippen LogP contribution in [-0.2, 0) is 22.6 Å². The summed E-state index contributed by atoms with van der Waals surface area (Å²) in [5, 5.41) is 32.0. The van der Waals surface area contributed by atoms with E-state index in [2.05, 4.69) is 26.1 Å². The van der Waals surface area contributed by atoms with Gasteiger partial charge in [0.1, 0.15) is 17.6 Å². The zero-order valence-corrected chi connectivity index (χ0v) is 19.2. The van der Waals surface area contributed by atoms with E-state index in [0.717, 1.165) is 11.1 Å². The maximum atomic E-state index is 12.8. The second kappa shape index (κ2) is 13.0. The zero-order chi connectivity index (χ0) is 23.6. The lowest BCUT2D eigenvalue weighted by Gasteiger charge is -2.17. The number of nitrogens with zero attached hydrogens (tertiary/aromatic N) is 1. The number of carbonyl (C=O) groups is 2. The second-order valence-electron chi connectivity index (χ2n) is 7.42. The molecule has 8 N–H and O–H groups in total. The van der Waals surface area contributed by atoms with Crippen molar-refractivity contribution in [2.24, 2.45) is 5.73 Å². The third kappa shape index (κ3) is 7.91. The van der Waals surface area contributed by atoms with Gasteiger partial charge in [-0.25, -0.2) is 0 Å². The van der Waals surface area contributed by atoms with E-state index in [1.165, 1.54) is 0 Å². The van der Waals surface area contributed by atoms with Crippen molar-refractivity contribution in [1.82, 2.24) is 26.1 Å². The van der Waals surface area contributed by atoms with E-state index in [9.17, 15) is 14.7 Å². The topological polar surface area (TPSA) is 169 Å². The lowest BCUT2D eigenvalue weighted by Crippen LogP contribution is -2.43. The van der Waals surface area contributed by atoms with Crippen LogP contribution in [0.25, 0.3) is 0 Å². The maximum Gasteiger partial charge on any atom is 0.243 e. The number of benzene rings is 2. The van der Waals surface area contributed by atoms with Gasteiger partial charge >= 0.3 is 0 Å². The molecular formula is C23H28ClN7O3. The summed E-state index contributed by atoms with van der Waals surface area (Å²) in [6, 6.07) is 14.9. The van der Waals surface area contributed by atoms with Crippen LogP contribution in [0.3, 0.4) is 0 Å². The van der Waals surface area contributed by atoms with Crippen LogP contribution < -0.4 is 21.7 Å². The van der Waals surface area contributed by atoms with Crippen LogP contribution in [0.15, 0.2) is 60.8 Å². The molecule has 1 atom stereocenters. The number of nitrogens with two attached hydrogens (primary N) is 1. The highest BCUT2D eigenvalue weighted by molar-refractivity contribution is 5.94. The van der Waals surface area contributed by atoms with Gasteiger partial charge in [-0.1, -0.05) is 36.4 Å². The molecule has 1 aromatic heterocycles. The van der Waals surface area contributed by atoms with Gasteiger partial charge in [0.25, 0.3) is 0 Å². The molecule has 34 heavy (non-hydrogen) atoms. The Kier molecular flexibility index (Phi) is 10.1. The number of nitrogens with one attached hydrogen (secondary N) is 5. The van der Waals surface area contributed by atoms with E-state index in [4.69, 9.17) is 11.1 Å². The van der Waals surface area contributed by atoms with Crippen LogP contribution in [0.1, 0.15) is 28.4 Å². The van der Waals surface area contributed by atoms with Crippen molar-refractivity contribution in [3.63, 3.8) is 0 Å². The number of phenols is 1. The van der Waals surface area contributed by atoms with Crippen molar-refractivity contribution in [3.8, 4) is 5.75 Å². The van der Waals surface area contributed by atoms with Gasteiger partial charge in [0.15, 0.2) is 0 Å². The van der Waals surface area contributed by atoms with Crippen molar-refractivity contribution in [2.75, 3.05) is 13.1 Å². The van der Waals surface area contributed by atoms with Crippen molar-refractivity contribution in [2.45, 2.75) is 19.0 Å². The first kappa shape index (κ1) is 26.4. The van der Waals surface area contributed by atoms with Crippen LogP contribution in [0.2, 0.25) is 0 Å². The van der Waals surface area contributed by atoms with E-state index in [1.54, 1.807) is 48.7 Å². The molecule has 0 aliphatic rings. The quantitative estimate of drug-likeness (QED) is 0.158. The van der Waals surface area contributed by atoms with Crippen LogP contribution in [0, 0.1) is 5.41 Å². The highest BCUT2D eigenvalue weighted by Crippen LogP contribution is 2.12. The Hall–Kier alpha value is -3.89. The Bertz CT molecular complexity index is 1070. The maximum absolute atomic E-state index is 12.8. The summed E-state index contributed by atoms with van der Waals surface area (Å²) >= 11 is 0. The SMILES string of the molecule is Cl.N=C(N)c1ccc(CNC(C(=O)NCC(=O)NCCc2ccc(O)cc2)c2ccn[nH]2)cc1. The van der Waals surface area contributed by atoms with Gasteiger partial charge < -0.3 is 21.5 Å². The number of carbonyl (C=O) groups excluding carboxylic acids is 2. The molecule has 180 valence electrons. The highest BCUT2D eigenvalue weighted by Gasteiger charge is 2.22. The third-order valence-corrected chi connectivity index (χ3v) is 4.97. The first-order valence-electron chi connectivity index (χ1n) is 10.4. The molecule has 11 heteroatoms. The number of aromatic amines is 1. The predicted octanol–water partition coefficient (Wildman–Crippen LogP) is 1.13. The Labute approximate surface area is 203 Å². The number of hydrogen-bond donors (Lipinski definition) is 7.